The number of ether oxygens (including phenoxy) is 3. The zero-order valence-electron chi connectivity index (χ0n) is 26.5. The number of hydrogen-bond donors (Lipinski definition) is 1. The Balaban J connectivity index is 1.31. The van der Waals surface area contributed by atoms with Crippen molar-refractivity contribution in [3.63, 3.8) is 0 Å². The Labute approximate surface area is 264 Å². The number of anilines is 1. The Kier molecular flexibility index (Phi) is 11.3. The van der Waals surface area contributed by atoms with Gasteiger partial charge in [-0.25, -0.2) is 0 Å². The van der Waals surface area contributed by atoms with Crippen LogP contribution in [0.25, 0.3) is 0 Å². The summed E-state index contributed by atoms with van der Waals surface area (Å²) >= 11 is 0. The number of imide groups is 1. The molecule has 0 aromatic heterocycles. The average molecular weight is 622 g/mol. The first-order valence-corrected chi connectivity index (χ1v) is 15.6. The Bertz CT molecular complexity index is 1370. The molecule has 11 heteroatoms. The Hall–Kier alpha value is -4.25. The zero-order chi connectivity index (χ0) is 32.6. The van der Waals surface area contributed by atoms with E-state index in [1.54, 1.807) is 76.2 Å². The highest BCUT2D eigenvalue weighted by atomic mass is 16.6. The monoisotopic (exact) mass is 621 g/mol. The molecule has 2 aromatic rings. The van der Waals surface area contributed by atoms with Crippen LogP contribution >= 0.6 is 0 Å². The summed E-state index contributed by atoms with van der Waals surface area (Å²) in [7, 11) is 0. The molecular formula is C34H43N3O8. The molecule has 0 radical (unpaired) electrons. The molecule has 242 valence electrons. The molecule has 0 spiro atoms. The minimum absolute atomic E-state index is 0.0334. The van der Waals surface area contributed by atoms with Crippen LogP contribution in [0, 0.1) is 0 Å². The number of hydrogen-bond acceptors (Lipinski definition) is 9. The van der Waals surface area contributed by atoms with Crippen LogP contribution in [0.15, 0.2) is 48.5 Å². The molecule has 1 N–H and O–H groups in total. The third-order valence-corrected chi connectivity index (χ3v) is 7.56. The van der Waals surface area contributed by atoms with Crippen LogP contribution in [-0.4, -0.2) is 78.5 Å². The van der Waals surface area contributed by atoms with Gasteiger partial charge in [-0.05, 0) is 64.8 Å². The summed E-state index contributed by atoms with van der Waals surface area (Å²) in [4.78, 5) is 67.2. The smallest absolute Gasteiger partial charge is 0.326 e. The van der Waals surface area contributed by atoms with Crippen molar-refractivity contribution in [3.05, 3.63) is 59.7 Å². The molecule has 0 unspecified atom stereocenters. The highest BCUT2D eigenvalue weighted by Crippen LogP contribution is 2.31. The lowest BCUT2D eigenvalue weighted by atomic mass is 10.0. The lowest BCUT2D eigenvalue weighted by molar-refractivity contribution is -0.154. The summed E-state index contributed by atoms with van der Waals surface area (Å²) < 4.78 is 16.7. The van der Waals surface area contributed by atoms with Crippen LogP contribution < -0.4 is 15.0 Å². The van der Waals surface area contributed by atoms with Crippen molar-refractivity contribution in [1.82, 2.24) is 10.2 Å². The molecule has 0 bridgehead atoms. The number of benzene rings is 2. The van der Waals surface area contributed by atoms with E-state index < -0.39 is 35.5 Å². The molecule has 2 aliphatic heterocycles. The van der Waals surface area contributed by atoms with Crippen molar-refractivity contribution in [2.75, 3.05) is 31.2 Å². The average Bonchev–Trinajstić information content (AvgIpc) is 3.16. The number of unbranched alkanes of at least 4 members (excludes halogenated alkanes) is 4. The fraction of sp³-hybridized carbons (Fsp3) is 0.500. The summed E-state index contributed by atoms with van der Waals surface area (Å²) in [5.74, 6) is -1.47. The molecular weight excluding hydrogens is 578 g/mol. The van der Waals surface area contributed by atoms with Gasteiger partial charge in [-0.2, -0.15) is 0 Å². The standard InChI is InChI=1S/C34H43N3O8/c1-5-43-33(42)25(17-9-7-6-8-14-20-36-30(39)23-15-10-11-16-24(23)31(36)40)35-26-22-44-28-19-13-12-18-27(28)37(32(26)41)21-29(38)45-34(2,3)4/h10-13,15-16,18-19,25-26,35H,5-9,14,17,20-22H2,1-4H3/t25-,26+/m1/s1. The maximum atomic E-state index is 13.8. The molecule has 2 aliphatic rings. The Morgan fingerprint density at radius 3 is 2.20 bits per heavy atom. The first-order valence-electron chi connectivity index (χ1n) is 15.6. The van der Waals surface area contributed by atoms with Crippen molar-refractivity contribution in [1.29, 1.82) is 0 Å². The topological polar surface area (TPSA) is 132 Å². The molecule has 4 rings (SSSR count). The van der Waals surface area contributed by atoms with Gasteiger partial charge in [-0.3, -0.25) is 39.1 Å². The number of esters is 2. The van der Waals surface area contributed by atoms with Gasteiger partial charge in [0, 0.05) is 6.54 Å². The number of fused-ring (bicyclic) bond motifs is 2. The van der Waals surface area contributed by atoms with E-state index in [4.69, 9.17) is 14.2 Å². The van der Waals surface area contributed by atoms with E-state index in [-0.39, 0.29) is 31.6 Å². The summed E-state index contributed by atoms with van der Waals surface area (Å²) in [6.07, 6.45) is 4.28. The molecule has 0 saturated carbocycles. The van der Waals surface area contributed by atoms with E-state index in [2.05, 4.69) is 5.32 Å². The maximum Gasteiger partial charge on any atom is 0.326 e. The number of nitrogens with zero attached hydrogens (tertiary/aromatic N) is 2. The van der Waals surface area contributed by atoms with E-state index in [1.807, 2.05) is 0 Å². The minimum atomic E-state index is -0.908. The first-order chi connectivity index (χ1) is 21.5. The lowest BCUT2D eigenvalue weighted by Gasteiger charge is -2.28. The molecule has 45 heavy (non-hydrogen) atoms. The van der Waals surface area contributed by atoms with Gasteiger partial charge in [0.15, 0.2) is 0 Å². The van der Waals surface area contributed by atoms with Crippen molar-refractivity contribution in [2.24, 2.45) is 0 Å². The van der Waals surface area contributed by atoms with Gasteiger partial charge in [-0.15, -0.1) is 0 Å². The van der Waals surface area contributed by atoms with Crippen LogP contribution in [0.2, 0.25) is 0 Å². The number of amides is 3. The van der Waals surface area contributed by atoms with Crippen molar-refractivity contribution in [2.45, 2.75) is 83.9 Å². The summed E-state index contributed by atoms with van der Waals surface area (Å²) in [6, 6.07) is 12.2. The van der Waals surface area contributed by atoms with Crippen LogP contribution in [0.3, 0.4) is 0 Å². The zero-order valence-corrected chi connectivity index (χ0v) is 26.5. The van der Waals surface area contributed by atoms with Gasteiger partial charge in [0.1, 0.15) is 36.6 Å². The van der Waals surface area contributed by atoms with Gasteiger partial charge in [0.25, 0.3) is 11.8 Å². The quantitative estimate of drug-likeness (QED) is 0.187. The molecule has 2 heterocycles. The third kappa shape index (κ3) is 8.69. The van der Waals surface area contributed by atoms with Crippen molar-refractivity contribution >= 4 is 35.3 Å². The van der Waals surface area contributed by atoms with Gasteiger partial charge in [-0.1, -0.05) is 49.9 Å². The van der Waals surface area contributed by atoms with E-state index in [0.717, 1.165) is 19.3 Å². The number of carbonyl (C=O) groups is 5. The van der Waals surface area contributed by atoms with Gasteiger partial charge in [0.05, 0.1) is 23.4 Å². The minimum Gasteiger partial charge on any atom is -0.489 e. The second-order valence-electron chi connectivity index (χ2n) is 12.2. The van der Waals surface area contributed by atoms with E-state index in [9.17, 15) is 24.0 Å². The molecule has 3 amide bonds. The van der Waals surface area contributed by atoms with Crippen LogP contribution in [-0.2, 0) is 23.9 Å². The van der Waals surface area contributed by atoms with Gasteiger partial charge < -0.3 is 14.2 Å². The molecule has 2 aromatic carbocycles. The molecule has 2 atom stereocenters. The second-order valence-corrected chi connectivity index (χ2v) is 12.2. The number of rotatable bonds is 14. The summed E-state index contributed by atoms with van der Waals surface area (Å²) in [6.45, 7) is 7.22. The summed E-state index contributed by atoms with van der Waals surface area (Å²) in [5, 5.41) is 3.15. The maximum absolute atomic E-state index is 13.8. The summed E-state index contributed by atoms with van der Waals surface area (Å²) in [5.41, 5.74) is 0.638. The predicted octanol–water partition coefficient (Wildman–Crippen LogP) is 4.28. The Morgan fingerprint density at radius 1 is 0.911 bits per heavy atom. The number of para-hydroxylation sites is 2. The fourth-order valence-electron chi connectivity index (χ4n) is 5.48. The number of carbonyl (C=O) groups excluding carboxylic acids is 5. The largest absolute Gasteiger partial charge is 0.489 e. The molecule has 11 nitrogen and oxygen atoms in total. The van der Waals surface area contributed by atoms with Crippen LogP contribution in [0.5, 0.6) is 5.75 Å². The second kappa shape index (κ2) is 15.2. The van der Waals surface area contributed by atoms with E-state index in [0.29, 0.717) is 48.4 Å². The predicted molar refractivity (Wildman–Crippen MR) is 167 cm³/mol. The highest BCUT2D eigenvalue weighted by Gasteiger charge is 2.37. The van der Waals surface area contributed by atoms with E-state index in [1.165, 1.54) is 9.80 Å². The third-order valence-electron chi connectivity index (χ3n) is 7.56. The van der Waals surface area contributed by atoms with Crippen molar-refractivity contribution < 1.29 is 38.2 Å². The Morgan fingerprint density at radius 2 is 1.53 bits per heavy atom. The normalized spacial score (nSPS) is 16.9. The lowest BCUT2D eigenvalue weighted by Crippen LogP contribution is -2.55. The van der Waals surface area contributed by atoms with E-state index >= 15 is 0 Å². The van der Waals surface area contributed by atoms with Gasteiger partial charge >= 0.3 is 11.9 Å². The van der Waals surface area contributed by atoms with Gasteiger partial charge in [0.2, 0.25) is 5.91 Å². The fourth-order valence-corrected chi connectivity index (χ4v) is 5.48. The molecule has 0 saturated heterocycles. The highest BCUT2D eigenvalue weighted by molar-refractivity contribution is 6.21. The molecule has 0 fully saturated rings. The van der Waals surface area contributed by atoms with Crippen molar-refractivity contribution in [3.8, 4) is 5.75 Å². The number of nitrogens with one attached hydrogen (secondary N) is 1. The first kappa shape index (κ1) is 33.6. The molecule has 0 aliphatic carbocycles. The van der Waals surface area contributed by atoms with Crippen LogP contribution in [0.4, 0.5) is 5.69 Å². The van der Waals surface area contributed by atoms with Crippen LogP contribution in [0.1, 0.15) is 86.9 Å². The SMILES string of the molecule is CCOC(=O)[C@@H](CCCCCCCN1C(=O)c2ccccc2C1=O)N[C@H]1COc2ccccc2N(CC(=O)OC(C)(C)C)C1=O.